The molecule has 8 nitrogen and oxygen atoms in total. The average Bonchev–Trinajstić information content (AvgIpc) is 2.25. The molecule has 0 aromatic rings. The van der Waals surface area contributed by atoms with E-state index >= 15 is 0 Å². The highest BCUT2D eigenvalue weighted by molar-refractivity contribution is 7.92. The van der Waals surface area contributed by atoms with Crippen molar-refractivity contribution in [2.24, 2.45) is 0 Å². The SMILES string of the molecule is CNC(=O)NC(=O)C(C)S(=O)(=O)CCC(=O)O. The van der Waals surface area contributed by atoms with Gasteiger partial charge in [0.15, 0.2) is 9.84 Å². The summed E-state index contributed by atoms with van der Waals surface area (Å²) in [4.78, 5) is 32.3. The summed E-state index contributed by atoms with van der Waals surface area (Å²) in [6, 6.07) is -0.824. The Kier molecular flexibility index (Phi) is 5.59. The van der Waals surface area contributed by atoms with Crippen molar-refractivity contribution < 1.29 is 27.9 Å². The third kappa shape index (κ3) is 5.29. The maximum Gasteiger partial charge on any atom is 0.321 e. The largest absolute Gasteiger partial charge is 0.481 e. The number of urea groups is 1. The van der Waals surface area contributed by atoms with Gasteiger partial charge in [-0.05, 0) is 6.92 Å². The third-order valence-corrected chi connectivity index (χ3v) is 4.04. The summed E-state index contributed by atoms with van der Waals surface area (Å²) < 4.78 is 23.0. The van der Waals surface area contributed by atoms with Crippen molar-refractivity contribution in [2.45, 2.75) is 18.6 Å². The maximum absolute atomic E-state index is 11.5. The Labute approximate surface area is 98.3 Å². The molecule has 17 heavy (non-hydrogen) atoms. The zero-order valence-corrected chi connectivity index (χ0v) is 10.2. The van der Waals surface area contributed by atoms with Gasteiger partial charge in [-0.1, -0.05) is 0 Å². The number of rotatable bonds is 5. The fraction of sp³-hybridized carbons (Fsp3) is 0.625. The predicted molar refractivity (Wildman–Crippen MR) is 58.1 cm³/mol. The van der Waals surface area contributed by atoms with Crippen molar-refractivity contribution in [3.05, 3.63) is 0 Å². The molecule has 0 saturated carbocycles. The van der Waals surface area contributed by atoms with Crippen LogP contribution in [0, 0.1) is 0 Å². The minimum absolute atomic E-state index is 0.583. The number of carboxylic acid groups (broad SMARTS) is 1. The maximum atomic E-state index is 11.5. The number of amides is 3. The molecule has 0 spiro atoms. The smallest absolute Gasteiger partial charge is 0.321 e. The topological polar surface area (TPSA) is 130 Å². The first-order chi connectivity index (χ1) is 7.70. The van der Waals surface area contributed by atoms with Gasteiger partial charge in [-0.2, -0.15) is 0 Å². The van der Waals surface area contributed by atoms with E-state index in [1.807, 2.05) is 5.32 Å². The van der Waals surface area contributed by atoms with Crippen LogP contribution < -0.4 is 10.6 Å². The molecule has 0 rings (SSSR count). The first-order valence-electron chi connectivity index (χ1n) is 4.66. The number of carbonyl (C=O) groups excluding carboxylic acids is 2. The Morgan fingerprint density at radius 2 is 1.82 bits per heavy atom. The van der Waals surface area contributed by atoms with Crippen molar-refractivity contribution in [2.75, 3.05) is 12.8 Å². The molecule has 1 atom stereocenters. The number of imide groups is 1. The first kappa shape index (κ1) is 15.4. The van der Waals surface area contributed by atoms with Crippen LogP contribution in [0.3, 0.4) is 0 Å². The van der Waals surface area contributed by atoms with Gasteiger partial charge in [0.05, 0.1) is 12.2 Å². The fourth-order valence-corrected chi connectivity index (χ4v) is 2.04. The molecule has 0 aromatic heterocycles. The molecular weight excluding hydrogens is 252 g/mol. The lowest BCUT2D eigenvalue weighted by Crippen LogP contribution is -2.45. The Morgan fingerprint density at radius 3 is 2.24 bits per heavy atom. The zero-order chi connectivity index (χ0) is 13.6. The lowest BCUT2D eigenvalue weighted by Gasteiger charge is -2.11. The van der Waals surface area contributed by atoms with Crippen LogP contribution in [0.25, 0.3) is 0 Å². The van der Waals surface area contributed by atoms with E-state index in [1.54, 1.807) is 0 Å². The van der Waals surface area contributed by atoms with Gasteiger partial charge in [-0.25, -0.2) is 13.2 Å². The van der Waals surface area contributed by atoms with Gasteiger partial charge in [-0.3, -0.25) is 14.9 Å². The van der Waals surface area contributed by atoms with Crippen molar-refractivity contribution in [3.63, 3.8) is 0 Å². The van der Waals surface area contributed by atoms with Crippen LogP contribution in [0.1, 0.15) is 13.3 Å². The fourth-order valence-electron chi connectivity index (χ4n) is 0.845. The minimum Gasteiger partial charge on any atom is -0.481 e. The molecule has 1 unspecified atom stereocenters. The quantitative estimate of drug-likeness (QED) is 0.568. The summed E-state index contributed by atoms with van der Waals surface area (Å²) in [5.41, 5.74) is 0. The highest BCUT2D eigenvalue weighted by atomic mass is 32.2. The van der Waals surface area contributed by atoms with Gasteiger partial charge in [0.25, 0.3) is 0 Å². The Bertz CT molecular complexity index is 416. The molecule has 3 amide bonds. The van der Waals surface area contributed by atoms with Crippen LogP contribution in [0.15, 0.2) is 0 Å². The lowest BCUT2D eigenvalue weighted by molar-refractivity contribution is -0.136. The number of hydrogen-bond acceptors (Lipinski definition) is 5. The molecule has 0 aliphatic heterocycles. The minimum atomic E-state index is -3.88. The molecule has 0 radical (unpaired) electrons. The second-order valence-corrected chi connectivity index (χ2v) is 5.66. The second kappa shape index (κ2) is 6.18. The third-order valence-electron chi connectivity index (χ3n) is 1.97. The van der Waals surface area contributed by atoms with Gasteiger partial charge in [-0.15, -0.1) is 0 Å². The molecule has 0 saturated heterocycles. The summed E-state index contributed by atoms with van der Waals surface area (Å²) >= 11 is 0. The van der Waals surface area contributed by atoms with E-state index in [0.29, 0.717) is 0 Å². The normalized spacial score (nSPS) is 12.6. The highest BCUT2D eigenvalue weighted by Crippen LogP contribution is 2.04. The molecule has 0 bridgehead atoms. The van der Waals surface area contributed by atoms with Gasteiger partial charge >= 0.3 is 12.0 Å². The van der Waals surface area contributed by atoms with E-state index < -0.39 is 45.2 Å². The monoisotopic (exact) mass is 266 g/mol. The van der Waals surface area contributed by atoms with E-state index in [2.05, 4.69) is 5.32 Å². The van der Waals surface area contributed by atoms with Gasteiger partial charge < -0.3 is 10.4 Å². The van der Waals surface area contributed by atoms with Crippen molar-refractivity contribution >= 4 is 27.7 Å². The van der Waals surface area contributed by atoms with Crippen LogP contribution in [0.4, 0.5) is 4.79 Å². The molecule has 0 aliphatic carbocycles. The number of carbonyl (C=O) groups is 3. The highest BCUT2D eigenvalue weighted by Gasteiger charge is 2.29. The van der Waals surface area contributed by atoms with Crippen LogP contribution in [-0.4, -0.2) is 49.5 Å². The summed E-state index contributed by atoms with van der Waals surface area (Å²) in [5, 5.41) is 10.8. The van der Waals surface area contributed by atoms with E-state index in [1.165, 1.54) is 7.05 Å². The number of carboxylic acids is 1. The molecule has 0 fully saturated rings. The van der Waals surface area contributed by atoms with E-state index in [9.17, 15) is 22.8 Å². The van der Waals surface area contributed by atoms with Gasteiger partial charge in [0, 0.05) is 7.05 Å². The van der Waals surface area contributed by atoms with E-state index in [-0.39, 0.29) is 0 Å². The second-order valence-electron chi connectivity index (χ2n) is 3.22. The zero-order valence-electron chi connectivity index (χ0n) is 9.39. The van der Waals surface area contributed by atoms with Crippen LogP contribution in [-0.2, 0) is 19.4 Å². The predicted octanol–water partition coefficient (Wildman–Crippen LogP) is -1.28. The number of nitrogens with one attached hydrogen (secondary N) is 2. The van der Waals surface area contributed by atoms with Crippen molar-refractivity contribution in [1.29, 1.82) is 0 Å². The molecule has 3 N–H and O–H groups in total. The van der Waals surface area contributed by atoms with Crippen LogP contribution in [0.5, 0.6) is 0 Å². The Balaban J connectivity index is 4.57. The van der Waals surface area contributed by atoms with Crippen LogP contribution in [0.2, 0.25) is 0 Å². The summed E-state index contributed by atoms with van der Waals surface area (Å²) in [6.07, 6.45) is -0.583. The van der Waals surface area contributed by atoms with Gasteiger partial charge in [0.2, 0.25) is 5.91 Å². The number of hydrogen-bond donors (Lipinski definition) is 3. The molecule has 98 valence electrons. The molecule has 0 aliphatic rings. The average molecular weight is 266 g/mol. The van der Waals surface area contributed by atoms with Gasteiger partial charge in [0.1, 0.15) is 5.25 Å². The number of aliphatic carboxylic acids is 1. The van der Waals surface area contributed by atoms with Crippen molar-refractivity contribution in [1.82, 2.24) is 10.6 Å². The Hall–Kier alpha value is -1.64. The van der Waals surface area contributed by atoms with Crippen molar-refractivity contribution in [3.8, 4) is 0 Å². The Morgan fingerprint density at radius 1 is 1.29 bits per heavy atom. The summed E-state index contributed by atoms with van der Waals surface area (Å²) in [5.74, 6) is -2.91. The molecule has 0 heterocycles. The standard InChI is InChI=1S/C8H14N2O6S/c1-5(7(13)10-8(14)9-2)17(15,16)4-3-6(11)12/h5H,3-4H2,1-2H3,(H,11,12)(H2,9,10,13,14). The summed E-state index contributed by atoms with van der Waals surface area (Å²) in [7, 11) is -2.61. The first-order valence-corrected chi connectivity index (χ1v) is 6.38. The van der Waals surface area contributed by atoms with Crippen LogP contribution >= 0.6 is 0 Å². The number of sulfone groups is 1. The molecular formula is C8H14N2O6S. The summed E-state index contributed by atoms with van der Waals surface area (Å²) in [6.45, 7) is 1.09. The lowest BCUT2D eigenvalue weighted by atomic mass is 10.4. The molecule has 9 heteroatoms. The van der Waals surface area contributed by atoms with E-state index in [4.69, 9.17) is 5.11 Å². The van der Waals surface area contributed by atoms with E-state index in [0.717, 1.165) is 6.92 Å². The molecule has 0 aromatic carbocycles.